The molecule has 28 heavy (non-hydrogen) atoms. The Labute approximate surface area is 187 Å². The summed E-state index contributed by atoms with van der Waals surface area (Å²) in [6.45, 7) is 10.2. The van der Waals surface area contributed by atoms with Gasteiger partial charge in [-0.2, -0.15) is 0 Å². The summed E-state index contributed by atoms with van der Waals surface area (Å²) in [6, 6.07) is 4.24. The number of unbranched alkanes of at least 4 members (excludes halogenated alkanes) is 3. The lowest BCUT2D eigenvalue weighted by Gasteiger charge is -2.32. The fraction of sp³-hybridized carbons (Fsp3) is 0.619. The number of rotatable bonds is 9. The highest BCUT2D eigenvalue weighted by Crippen LogP contribution is 2.15. The number of aromatic nitrogens is 1. The Kier molecular flexibility index (Phi) is 12.1. The van der Waals surface area contributed by atoms with Crippen molar-refractivity contribution in [2.45, 2.75) is 45.3 Å². The van der Waals surface area contributed by atoms with E-state index in [1.807, 2.05) is 19.3 Å². The van der Waals surface area contributed by atoms with Gasteiger partial charge in [0, 0.05) is 46.5 Å². The number of morpholine rings is 1. The largest absolute Gasteiger partial charge is 0.375 e. The molecule has 0 amide bonds. The molecule has 0 bridgehead atoms. The molecule has 2 heterocycles. The molecule has 0 saturated carbocycles. The maximum atomic E-state index is 5.60. The van der Waals surface area contributed by atoms with Crippen molar-refractivity contribution in [1.82, 2.24) is 15.2 Å². The van der Waals surface area contributed by atoms with Gasteiger partial charge < -0.3 is 19.9 Å². The SMILES string of the molecule is C=CCCCCCN(C)C(=NC)NCc1ccc(N2CCOC(C)C2)nc1.I. The maximum Gasteiger partial charge on any atom is 0.193 e. The summed E-state index contributed by atoms with van der Waals surface area (Å²) < 4.78 is 5.60. The highest BCUT2D eigenvalue weighted by molar-refractivity contribution is 14.0. The number of halogens is 1. The van der Waals surface area contributed by atoms with Crippen LogP contribution in [0.2, 0.25) is 0 Å². The minimum absolute atomic E-state index is 0. The molecule has 1 unspecified atom stereocenters. The standard InChI is InChI=1S/C21H35N5O.HI/c1-5-6-7-8-9-12-25(4)21(22-3)24-16-19-10-11-20(23-15-19)26-13-14-27-18(2)17-26;/h5,10-11,15,18H,1,6-9,12-14,16-17H2,2-4H3,(H,22,24);1H. The van der Waals surface area contributed by atoms with Gasteiger partial charge in [0.15, 0.2) is 5.96 Å². The van der Waals surface area contributed by atoms with Crippen molar-refractivity contribution in [3.05, 3.63) is 36.5 Å². The smallest absolute Gasteiger partial charge is 0.193 e. The van der Waals surface area contributed by atoms with E-state index in [9.17, 15) is 0 Å². The van der Waals surface area contributed by atoms with Crippen LogP contribution in [0.15, 0.2) is 36.0 Å². The lowest BCUT2D eigenvalue weighted by atomic mass is 10.2. The zero-order valence-electron chi connectivity index (χ0n) is 17.6. The monoisotopic (exact) mass is 501 g/mol. The number of nitrogens with zero attached hydrogens (tertiary/aromatic N) is 4. The number of pyridine rings is 1. The van der Waals surface area contributed by atoms with Crippen molar-refractivity contribution < 1.29 is 4.74 Å². The van der Waals surface area contributed by atoms with Crippen LogP contribution < -0.4 is 10.2 Å². The van der Waals surface area contributed by atoms with Gasteiger partial charge in [-0.05, 0) is 37.8 Å². The molecule has 0 aromatic carbocycles. The third-order valence-corrected chi connectivity index (χ3v) is 4.80. The van der Waals surface area contributed by atoms with Gasteiger partial charge in [-0.15, -0.1) is 30.6 Å². The first-order chi connectivity index (χ1) is 13.1. The first-order valence-electron chi connectivity index (χ1n) is 9.98. The molecule has 7 heteroatoms. The number of nitrogens with one attached hydrogen (secondary N) is 1. The van der Waals surface area contributed by atoms with Crippen LogP contribution in [-0.4, -0.2) is 62.3 Å². The summed E-state index contributed by atoms with van der Waals surface area (Å²) in [4.78, 5) is 13.5. The van der Waals surface area contributed by atoms with Crippen molar-refractivity contribution in [1.29, 1.82) is 0 Å². The second kappa shape index (κ2) is 13.8. The Bertz CT molecular complexity index is 593. The second-order valence-corrected chi connectivity index (χ2v) is 7.11. The summed E-state index contributed by atoms with van der Waals surface area (Å²) in [5, 5.41) is 3.43. The Morgan fingerprint density at radius 2 is 2.25 bits per heavy atom. The van der Waals surface area contributed by atoms with Gasteiger partial charge in [0.05, 0.1) is 12.7 Å². The van der Waals surface area contributed by atoms with Crippen LogP contribution in [0.1, 0.15) is 38.2 Å². The predicted octanol–water partition coefficient (Wildman–Crippen LogP) is 3.68. The molecule has 1 N–H and O–H groups in total. The van der Waals surface area contributed by atoms with E-state index in [1.165, 1.54) is 19.3 Å². The average molecular weight is 501 g/mol. The van der Waals surface area contributed by atoms with Crippen molar-refractivity contribution in [2.75, 3.05) is 45.2 Å². The lowest BCUT2D eigenvalue weighted by molar-refractivity contribution is 0.0529. The second-order valence-electron chi connectivity index (χ2n) is 7.11. The molecule has 1 saturated heterocycles. The van der Waals surface area contributed by atoms with Crippen LogP contribution >= 0.6 is 24.0 Å². The van der Waals surface area contributed by atoms with Gasteiger partial charge in [0.25, 0.3) is 0 Å². The Morgan fingerprint density at radius 1 is 1.43 bits per heavy atom. The Hall–Kier alpha value is -1.35. The number of hydrogen-bond acceptors (Lipinski definition) is 4. The molecule has 1 atom stereocenters. The number of guanidine groups is 1. The van der Waals surface area contributed by atoms with Gasteiger partial charge >= 0.3 is 0 Å². The fourth-order valence-electron chi connectivity index (χ4n) is 3.22. The molecule has 1 aromatic heterocycles. The molecule has 2 rings (SSSR count). The molecule has 0 radical (unpaired) electrons. The van der Waals surface area contributed by atoms with Gasteiger partial charge in [0.1, 0.15) is 5.82 Å². The molecule has 0 spiro atoms. The molecule has 158 valence electrons. The number of allylic oxidation sites excluding steroid dienone is 1. The topological polar surface area (TPSA) is 53.0 Å². The quantitative estimate of drug-likeness (QED) is 0.184. The summed E-state index contributed by atoms with van der Waals surface area (Å²) in [5.74, 6) is 1.94. The van der Waals surface area contributed by atoms with Crippen molar-refractivity contribution in [3.8, 4) is 0 Å². The minimum Gasteiger partial charge on any atom is -0.375 e. The molecule has 1 aliphatic heterocycles. The number of hydrogen-bond donors (Lipinski definition) is 1. The van der Waals surface area contributed by atoms with Gasteiger partial charge in [-0.3, -0.25) is 4.99 Å². The molecule has 1 aliphatic rings. The summed E-state index contributed by atoms with van der Waals surface area (Å²) >= 11 is 0. The molecule has 0 aliphatic carbocycles. The van der Waals surface area contributed by atoms with Gasteiger partial charge in [-0.25, -0.2) is 4.98 Å². The van der Waals surface area contributed by atoms with E-state index in [0.717, 1.165) is 56.5 Å². The van der Waals surface area contributed by atoms with E-state index in [1.54, 1.807) is 0 Å². The predicted molar refractivity (Wildman–Crippen MR) is 129 cm³/mol. The van der Waals surface area contributed by atoms with Crippen molar-refractivity contribution in [3.63, 3.8) is 0 Å². The van der Waals surface area contributed by atoms with Crippen LogP contribution in [0.5, 0.6) is 0 Å². The zero-order valence-corrected chi connectivity index (χ0v) is 19.9. The average Bonchev–Trinajstić information content (AvgIpc) is 2.69. The van der Waals surface area contributed by atoms with Crippen LogP contribution in [0.25, 0.3) is 0 Å². The van der Waals surface area contributed by atoms with Crippen LogP contribution in [0.3, 0.4) is 0 Å². The lowest BCUT2D eigenvalue weighted by Crippen LogP contribution is -2.41. The number of aliphatic imine (C=N–C) groups is 1. The first kappa shape index (κ1) is 24.7. The number of ether oxygens (including phenoxy) is 1. The van der Waals surface area contributed by atoms with Gasteiger partial charge in [-0.1, -0.05) is 18.6 Å². The van der Waals surface area contributed by atoms with E-state index < -0.39 is 0 Å². The first-order valence-corrected chi connectivity index (χ1v) is 9.98. The van der Waals surface area contributed by atoms with E-state index in [-0.39, 0.29) is 30.1 Å². The van der Waals surface area contributed by atoms with Crippen LogP contribution in [-0.2, 0) is 11.3 Å². The van der Waals surface area contributed by atoms with Crippen molar-refractivity contribution in [2.24, 2.45) is 4.99 Å². The van der Waals surface area contributed by atoms with Gasteiger partial charge in [0.2, 0.25) is 0 Å². The third-order valence-electron chi connectivity index (χ3n) is 4.80. The van der Waals surface area contributed by atoms with E-state index >= 15 is 0 Å². The Balaban J connectivity index is 0.00000392. The summed E-state index contributed by atoms with van der Waals surface area (Å²) in [5.41, 5.74) is 1.15. The Morgan fingerprint density at radius 3 is 2.89 bits per heavy atom. The summed E-state index contributed by atoms with van der Waals surface area (Å²) in [6.07, 6.45) is 8.90. The third kappa shape index (κ3) is 8.34. The summed E-state index contributed by atoms with van der Waals surface area (Å²) in [7, 11) is 3.92. The molecule has 1 aromatic rings. The minimum atomic E-state index is 0. The molecular formula is C21H36IN5O. The highest BCUT2D eigenvalue weighted by atomic mass is 127. The fourth-order valence-corrected chi connectivity index (χ4v) is 3.22. The highest BCUT2D eigenvalue weighted by Gasteiger charge is 2.17. The van der Waals surface area contributed by atoms with Crippen LogP contribution in [0.4, 0.5) is 5.82 Å². The maximum absolute atomic E-state index is 5.60. The normalized spacial score (nSPS) is 17.0. The van der Waals surface area contributed by atoms with E-state index in [0.29, 0.717) is 0 Å². The number of anilines is 1. The molecular weight excluding hydrogens is 465 g/mol. The van der Waals surface area contributed by atoms with Crippen molar-refractivity contribution >= 4 is 35.8 Å². The molecule has 1 fully saturated rings. The molecule has 6 nitrogen and oxygen atoms in total. The van der Waals surface area contributed by atoms with Crippen LogP contribution in [0, 0.1) is 0 Å². The van der Waals surface area contributed by atoms with E-state index in [4.69, 9.17) is 4.74 Å². The zero-order chi connectivity index (χ0) is 19.5. The van der Waals surface area contributed by atoms with E-state index in [2.05, 4.69) is 57.8 Å².